The summed E-state index contributed by atoms with van der Waals surface area (Å²) in [4.78, 5) is 31.7. The number of carboxylic acid groups (broad SMARTS) is 1. The van der Waals surface area contributed by atoms with Crippen LogP contribution in [0.5, 0.6) is 0 Å². The summed E-state index contributed by atoms with van der Waals surface area (Å²) in [6.45, 7) is 10.1. The molecule has 0 aliphatic rings. The van der Waals surface area contributed by atoms with Gasteiger partial charge in [-0.1, -0.05) is 52.3 Å². The number of carbonyl (C=O) groups is 1. The fourth-order valence-electron chi connectivity index (χ4n) is 2.16. The lowest BCUT2D eigenvalue weighted by Gasteiger charge is -2.07. The second kappa shape index (κ2) is 12.0. The van der Waals surface area contributed by atoms with Crippen LogP contribution >= 0.6 is 0 Å². The van der Waals surface area contributed by atoms with Crippen molar-refractivity contribution < 1.29 is 9.90 Å². The van der Waals surface area contributed by atoms with Gasteiger partial charge in [-0.2, -0.15) is 5.10 Å². The number of hydrogen-bond acceptors (Lipinski definition) is 6. The highest BCUT2D eigenvalue weighted by Gasteiger charge is 2.12. The van der Waals surface area contributed by atoms with Crippen LogP contribution < -0.4 is 10.9 Å². The van der Waals surface area contributed by atoms with Gasteiger partial charge in [0.05, 0.1) is 11.8 Å². The van der Waals surface area contributed by atoms with Crippen LogP contribution in [0, 0.1) is 0 Å². The van der Waals surface area contributed by atoms with E-state index in [9.17, 15) is 9.59 Å². The molecule has 0 saturated heterocycles. The fourth-order valence-corrected chi connectivity index (χ4v) is 2.16. The highest BCUT2D eigenvalue weighted by Crippen LogP contribution is 2.22. The molecule has 0 bridgehead atoms. The van der Waals surface area contributed by atoms with Gasteiger partial charge < -0.3 is 10.4 Å². The molecule has 0 aliphatic carbocycles. The zero-order valence-corrected chi connectivity index (χ0v) is 17.4. The summed E-state index contributed by atoms with van der Waals surface area (Å²) in [6.07, 6.45) is 6.11. The van der Waals surface area contributed by atoms with Gasteiger partial charge in [-0.05, 0) is 25.3 Å². The first kappa shape index (κ1) is 23.5. The Labute approximate surface area is 169 Å². The summed E-state index contributed by atoms with van der Waals surface area (Å²) in [6, 6.07) is 6.18. The number of nitrogens with one attached hydrogen (secondary N) is 2. The smallest absolute Gasteiger partial charge is 0.335 e. The maximum Gasteiger partial charge on any atom is 0.335 e. The summed E-state index contributed by atoms with van der Waals surface area (Å²) >= 11 is 0. The summed E-state index contributed by atoms with van der Waals surface area (Å²) in [5, 5.41) is 18.3. The van der Waals surface area contributed by atoms with E-state index in [-0.39, 0.29) is 5.56 Å². The molecule has 154 valence electrons. The van der Waals surface area contributed by atoms with Gasteiger partial charge >= 0.3 is 5.97 Å². The SMILES string of the molecule is C/C=C/Nc1nc(-c2ccc(C(=O)O)cc2)nc2cn[nH]c(=O)c12.CC.CCC. The van der Waals surface area contributed by atoms with Crippen molar-refractivity contribution in [2.75, 3.05) is 5.32 Å². The first-order valence-corrected chi connectivity index (χ1v) is 9.48. The summed E-state index contributed by atoms with van der Waals surface area (Å²) in [5.74, 6) is -0.301. The van der Waals surface area contributed by atoms with Crippen molar-refractivity contribution in [2.24, 2.45) is 0 Å². The monoisotopic (exact) mass is 397 g/mol. The molecule has 0 saturated carbocycles. The van der Waals surface area contributed by atoms with Crippen molar-refractivity contribution in [1.82, 2.24) is 20.2 Å². The number of rotatable bonds is 4. The molecular formula is C21H27N5O3. The third-order valence-corrected chi connectivity index (χ3v) is 3.29. The number of aromatic carboxylic acids is 1. The largest absolute Gasteiger partial charge is 0.478 e. The van der Waals surface area contributed by atoms with E-state index in [2.05, 4.69) is 39.3 Å². The van der Waals surface area contributed by atoms with Crippen molar-refractivity contribution in [3.05, 3.63) is 58.7 Å². The van der Waals surface area contributed by atoms with Gasteiger partial charge in [0, 0.05) is 5.56 Å². The third kappa shape index (κ3) is 6.24. The fraction of sp³-hybridized carbons (Fsp3) is 0.286. The Bertz CT molecular complexity index is 1010. The van der Waals surface area contributed by atoms with Crippen molar-refractivity contribution in [3.63, 3.8) is 0 Å². The Hall–Kier alpha value is -3.55. The van der Waals surface area contributed by atoms with Gasteiger partial charge in [0.25, 0.3) is 5.56 Å². The normalized spacial score (nSPS) is 9.97. The van der Waals surface area contributed by atoms with Crippen molar-refractivity contribution >= 4 is 22.7 Å². The molecule has 2 heterocycles. The van der Waals surface area contributed by atoms with E-state index in [1.165, 1.54) is 24.8 Å². The molecule has 1 aromatic carbocycles. The number of nitrogens with zero attached hydrogens (tertiary/aromatic N) is 3. The number of benzene rings is 1. The van der Waals surface area contributed by atoms with Crippen LogP contribution in [-0.4, -0.2) is 31.2 Å². The summed E-state index contributed by atoms with van der Waals surface area (Å²) < 4.78 is 0. The lowest BCUT2D eigenvalue weighted by Crippen LogP contribution is -2.12. The third-order valence-electron chi connectivity index (χ3n) is 3.29. The molecule has 0 radical (unpaired) electrons. The molecule has 29 heavy (non-hydrogen) atoms. The molecule has 3 rings (SSSR count). The number of aromatic amines is 1. The Morgan fingerprint density at radius 3 is 2.34 bits per heavy atom. The number of hydrogen-bond donors (Lipinski definition) is 3. The van der Waals surface area contributed by atoms with Crippen LogP contribution in [0.25, 0.3) is 22.3 Å². The second-order valence-corrected chi connectivity index (χ2v) is 5.59. The quantitative estimate of drug-likeness (QED) is 0.594. The zero-order chi connectivity index (χ0) is 21.8. The van der Waals surface area contributed by atoms with E-state index in [4.69, 9.17) is 5.11 Å². The molecule has 0 aliphatic heterocycles. The molecule has 0 unspecified atom stereocenters. The number of aromatic nitrogens is 4. The van der Waals surface area contributed by atoms with Crippen molar-refractivity contribution in [3.8, 4) is 11.4 Å². The lowest BCUT2D eigenvalue weighted by atomic mass is 10.1. The topological polar surface area (TPSA) is 121 Å². The first-order valence-electron chi connectivity index (χ1n) is 9.48. The van der Waals surface area contributed by atoms with Gasteiger partial charge in [0.1, 0.15) is 16.7 Å². The Morgan fingerprint density at radius 1 is 1.17 bits per heavy atom. The highest BCUT2D eigenvalue weighted by atomic mass is 16.4. The maximum atomic E-state index is 12.0. The van der Waals surface area contributed by atoms with E-state index in [0.29, 0.717) is 28.1 Å². The number of fused-ring (bicyclic) bond motifs is 1. The van der Waals surface area contributed by atoms with Crippen LogP contribution in [0.2, 0.25) is 0 Å². The number of allylic oxidation sites excluding steroid dienone is 1. The Morgan fingerprint density at radius 2 is 1.79 bits per heavy atom. The van der Waals surface area contributed by atoms with Gasteiger partial charge in [-0.15, -0.1) is 0 Å². The van der Waals surface area contributed by atoms with Crippen LogP contribution in [0.1, 0.15) is 51.4 Å². The van der Waals surface area contributed by atoms with Crippen molar-refractivity contribution in [2.45, 2.75) is 41.0 Å². The molecule has 0 amide bonds. The molecular weight excluding hydrogens is 370 g/mol. The van der Waals surface area contributed by atoms with Crippen molar-refractivity contribution in [1.29, 1.82) is 0 Å². The van der Waals surface area contributed by atoms with E-state index < -0.39 is 11.5 Å². The second-order valence-electron chi connectivity index (χ2n) is 5.59. The predicted molar refractivity (Wildman–Crippen MR) is 116 cm³/mol. The van der Waals surface area contributed by atoms with Gasteiger partial charge in [0.15, 0.2) is 5.82 Å². The molecule has 0 spiro atoms. The molecule has 8 nitrogen and oxygen atoms in total. The van der Waals surface area contributed by atoms with Gasteiger partial charge in [-0.25, -0.2) is 19.9 Å². The number of anilines is 1. The van der Waals surface area contributed by atoms with Crippen LogP contribution in [0.15, 0.2) is 47.5 Å². The molecule has 2 aromatic heterocycles. The van der Waals surface area contributed by atoms with Crippen LogP contribution in [0.4, 0.5) is 5.82 Å². The average molecular weight is 397 g/mol. The van der Waals surface area contributed by atoms with Gasteiger partial charge in [-0.3, -0.25) is 4.79 Å². The highest BCUT2D eigenvalue weighted by molar-refractivity contribution is 5.90. The van der Waals surface area contributed by atoms with Crippen LogP contribution in [0.3, 0.4) is 0 Å². The Balaban J connectivity index is 0.000000771. The standard InChI is InChI=1S/C16H13N5O3.C3H8.C2H6/c1-2-7-17-14-12-11(8-18-21-15(12)22)19-13(20-14)9-3-5-10(6-4-9)16(23)24;1-3-2;1-2/h2-8H,1H3,(H,21,22)(H,23,24)(H,17,19,20);3H2,1-2H3;1-2H3/b7-2+;;. The molecule has 3 aromatic rings. The minimum absolute atomic E-state index is 0.171. The van der Waals surface area contributed by atoms with E-state index in [0.717, 1.165) is 0 Å². The number of carboxylic acids is 1. The first-order chi connectivity index (χ1) is 14.0. The zero-order valence-electron chi connectivity index (χ0n) is 17.4. The summed E-state index contributed by atoms with van der Waals surface area (Å²) in [7, 11) is 0. The predicted octanol–water partition coefficient (Wildman–Crippen LogP) is 4.47. The average Bonchev–Trinajstić information content (AvgIpc) is 2.74. The van der Waals surface area contributed by atoms with Crippen LogP contribution in [-0.2, 0) is 0 Å². The molecule has 0 atom stereocenters. The van der Waals surface area contributed by atoms with E-state index >= 15 is 0 Å². The Kier molecular flexibility index (Phi) is 9.73. The lowest BCUT2D eigenvalue weighted by molar-refractivity contribution is 0.0697. The molecule has 8 heteroatoms. The summed E-state index contributed by atoms with van der Waals surface area (Å²) in [5.41, 5.74) is 0.793. The van der Waals surface area contributed by atoms with E-state index in [1.54, 1.807) is 24.4 Å². The molecule has 3 N–H and O–H groups in total. The van der Waals surface area contributed by atoms with E-state index in [1.807, 2.05) is 20.8 Å². The minimum Gasteiger partial charge on any atom is -0.478 e. The number of H-pyrrole nitrogens is 1. The minimum atomic E-state index is -1.01. The maximum absolute atomic E-state index is 12.0. The molecule has 0 fully saturated rings. The van der Waals surface area contributed by atoms with Gasteiger partial charge in [0.2, 0.25) is 0 Å².